The van der Waals surface area contributed by atoms with E-state index in [1.54, 1.807) is 30.6 Å². The molecular weight excluding hydrogens is 399 g/mol. The second-order valence-electron chi connectivity index (χ2n) is 5.74. The average molecular weight is 413 g/mol. The number of rotatable bonds is 6. The summed E-state index contributed by atoms with van der Waals surface area (Å²) in [4.78, 5) is 4.06. The highest BCUT2D eigenvalue weighted by atomic mass is 35.5. The fourth-order valence-electron chi connectivity index (χ4n) is 2.57. The lowest BCUT2D eigenvalue weighted by molar-refractivity contribution is 0.474. The Morgan fingerprint density at radius 1 is 1.00 bits per heavy atom. The maximum absolute atomic E-state index is 6.29. The Hall–Kier alpha value is -3.16. The number of nitrogens with one attached hydrogen (secondary N) is 1. The number of ether oxygens (including phenoxy) is 1. The van der Waals surface area contributed by atoms with Crippen molar-refractivity contribution in [3.05, 3.63) is 82.6 Å². The zero-order valence-electron chi connectivity index (χ0n) is 14.5. The Bertz CT molecular complexity index is 1090. The van der Waals surface area contributed by atoms with E-state index in [4.69, 9.17) is 27.9 Å². The molecule has 0 atom stereocenters. The largest absolute Gasteiger partial charge is 0.455 e. The number of benzene rings is 2. The molecule has 7 nitrogen and oxygen atoms in total. The highest BCUT2D eigenvalue weighted by Crippen LogP contribution is 2.30. The van der Waals surface area contributed by atoms with Crippen LogP contribution in [0.2, 0.25) is 10.0 Å². The number of aromatic nitrogens is 5. The lowest BCUT2D eigenvalue weighted by Crippen LogP contribution is -2.08. The normalized spacial score (nSPS) is 10.6. The predicted octanol–water partition coefficient (Wildman–Crippen LogP) is 4.77. The molecule has 0 saturated carbocycles. The first-order valence-electron chi connectivity index (χ1n) is 8.35. The van der Waals surface area contributed by atoms with Gasteiger partial charge < -0.3 is 10.1 Å². The predicted molar refractivity (Wildman–Crippen MR) is 107 cm³/mol. The first kappa shape index (κ1) is 18.2. The molecule has 2 aromatic heterocycles. The number of nitrogens with zero attached hydrogens (tertiary/aromatic N) is 5. The van der Waals surface area contributed by atoms with E-state index in [2.05, 4.69) is 25.8 Å². The van der Waals surface area contributed by atoms with Crippen LogP contribution in [-0.2, 0) is 6.54 Å². The second-order valence-corrected chi connectivity index (χ2v) is 6.52. The van der Waals surface area contributed by atoms with Crippen molar-refractivity contribution in [3.63, 3.8) is 0 Å². The van der Waals surface area contributed by atoms with Gasteiger partial charge in [0.15, 0.2) is 0 Å². The molecule has 0 amide bonds. The van der Waals surface area contributed by atoms with Crippen LogP contribution in [0, 0.1) is 0 Å². The maximum Gasteiger partial charge on any atom is 0.248 e. The summed E-state index contributed by atoms with van der Waals surface area (Å²) in [6.07, 6.45) is 3.35. The number of halogens is 2. The van der Waals surface area contributed by atoms with Crippen LogP contribution >= 0.6 is 23.2 Å². The van der Waals surface area contributed by atoms with Gasteiger partial charge in [0.25, 0.3) is 0 Å². The molecule has 0 bridgehead atoms. The molecule has 0 unspecified atom stereocenters. The van der Waals surface area contributed by atoms with Gasteiger partial charge in [-0.05, 0) is 40.8 Å². The summed E-state index contributed by atoms with van der Waals surface area (Å²) < 4.78 is 7.43. The minimum Gasteiger partial charge on any atom is -0.455 e. The summed E-state index contributed by atoms with van der Waals surface area (Å²) in [6.45, 7) is 0.439. The Morgan fingerprint density at radius 2 is 1.89 bits per heavy atom. The monoisotopic (exact) mass is 412 g/mol. The van der Waals surface area contributed by atoms with Crippen molar-refractivity contribution in [1.82, 2.24) is 25.2 Å². The minimum atomic E-state index is 0.375. The number of para-hydroxylation sites is 1. The third-order valence-corrected chi connectivity index (χ3v) is 4.71. The molecule has 4 aromatic rings. The zero-order chi connectivity index (χ0) is 19.3. The molecule has 28 heavy (non-hydrogen) atoms. The highest BCUT2D eigenvalue weighted by molar-refractivity contribution is 6.43. The molecular formula is C19H14Cl2N6O. The van der Waals surface area contributed by atoms with E-state index in [0.717, 1.165) is 5.56 Å². The van der Waals surface area contributed by atoms with Crippen molar-refractivity contribution < 1.29 is 4.74 Å². The Labute approximate surface area is 170 Å². The van der Waals surface area contributed by atoms with Gasteiger partial charge in [-0.25, -0.2) is 0 Å². The molecule has 0 aliphatic rings. The lowest BCUT2D eigenvalue weighted by Gasteiger charge is -2.12. The molecule has 0 radical (unpaired) electrons. The SMILES string of the molecule is Clc1cccc(-n2nnnc2NCc2ccccc2Oc2cccnc2)c1Cl. The molecule has 2 aromatic carbocycles. The molecule has 9 heteroatoms. The summed E-state index contributed by atoms with van der Waals surface area (Å²) in [5.74, 6) is 1.80. The van der Waals surface area contributed by atoms with Gasteiger partial charge in [0.1, 0.15) is 11.5 Å². The van der Waals surface area contributed by atoms with E-state index in [0.29, 0.717) is 39.7 Å². The van der Waals surface area contributed by atoms with Crippen molar-refractivity contribution in [2.75, 3.05) is 5.32 Å². The summed E-state index contributed by atoms with van der Waals surface area (Å²) >= 11 is 12.4. The van der Waals surface area contributed by atoms with Crippen LogP contribution < -0.4 is 10.1 Å². The first-order valence-corrected chi connectivity index (χ1v) is 9.10. The van der Waals surface area contributed by atoms with Crippen LogP contribution in [0.1, 0.15) is 5.56 Å². The second kappa shape index (κ2) is 8.24. The maximum atomic E-state index is 6.29. The van der Waals surface area contributed by atoms with Crippen LogP contribution in [0.5, 0.6) is 11.5 Å². The van der Waals surface area contributed by atoms with E-state index in [-0.39, 0.29) is 0 Å². The van der Waals surface area contributed by atoms with Gasteiger partial charge in [-0.3, -0.25) is 4.98 Å². The van der Waals surface area contributed by atoms with Gasteiger partial charge in [0.2, 0.25) is 5.95 Å². The van der Waals surface area contributed by atoms with E-state index >= 15 is 0 Å². The molecule has 4 rings (SSSR count). The average Bonchev–Trinajstić information content (AvgIpc) is 3.18. The fraction of sp³-hybridized carbons (Fsp3) is 0.0526. The molecule has 1 N–H and O–H groups in total. The molecule has 0 aliphatic heterocycles. The van der Waals surface area contributed by atoms with Crippen molar-refractivity contribution >= 4 is 29.2 Å². The first-order chi connectivity index (χ1) is 13.7. The van der Waals surface area contributed by atoms with E-state index in [9.17, 15) is 0 Å². The summed E-state index contributed by atoms with van der Waals surface area (Å²) in [5.41, 5.74) is 1.51. The van der Waals surface area contributed by atoms with Gasteiger partial charge in [-0.1, -0.05) is 52.6 Å². The number of anilines is 1. The van der Waals surface area contributed by atoms with Crippen LogP contribution in [0.25, 0.3) is 5.69 Å². The van der Waals surface area contributed by atoms with Gasteiger partial charge in [-0.15, -0.1) is 0 Å². The molecule has 2 heterocycles. The molecule has 140 valence electrons. The zero-order valence-corrected chi connectivity index (χ0v) is 16.0. The van der Waals surface area contributed by atoms with Gasteiger partial charge in [0, 0.05) is 18.3 Å². The summed E-state index contributed by atoms with van der Waals surface area (Å²) in [6, 6.07) is 16.6. The quantitative estimate of drug-likeness (QED) is 0.491. The fourth-order valence-corrected chi connectivity index (χ4v) is 2.95. The number of hydrogen-bond donors (Lipinski definition) is 1. The van der Waals surface area contributed by atoms with Crippen LogP contribution in [0.3, 0.4) is 0 Å². The molecule has 0 saturated heterocycles. The molecule has 0 aliphatic carbocycles. The Morgan fingerprint density at radius 3 is 2.75 bits per heavy atom. The van der Waals surface area contributed by atoms with Gasteiger partial charge in [-0.2, -0.15) is 4.68 Å². The van der Waals surface area contributed by atoms with Crippen LogP contribution in [0.15, 0.2) is 67.0 Å². The third kappa shape index (κ3) is 3.90. The topological polar surface area (TPSA) is 77.8 Å². The van der Waals surface area contributed by atoms with E-state index in [1.165, 1.54) is 4.68 Å². The van der Waals surface area contributed by atoms with Crippen molar-refractivity contribution in [2.45, 2.75) is 6.54 Å². The van der Waals surface area contributed by atoms with E-state index < -0.39 is 0 Å². The summed E-state index contributed by atoms with van der Waals surface area (Å²) in [7, 11) is 0. The summed E-state index contributed by atoms with van der Waals surface area (Å²) in [5, 5.41) is 15.8. The highest BCUT2D eigenvalue weighted by Gasteiger charge is 2.14. The standard InChI is InChI=1S/C19H14Cl2N6O/c20-15-7-3-8-16(18(15)21)27-19(24-25-26-27)23-11-13-5-1-2-9-17(13)28-14-6-4-10-22-12-14/h1-10,12H,11H2,(H,23,24,26). The van der Waals surface area contributed by atoms with Crippen molar-refractivity contribution in [2.24, 2.45) is 0 Å². The lowest BCUT2D eigenvalue weighted by atomic mass is 10.2. The Balaban J connectivity index is 1.55. The number of hydrogen-bond acceptors (Lipinski definition) is 6. The van der Waals surface area contributed by atoms with Crippen LogP contribution in [0.4, 0.5) is 5.95 Å². The smallest absolute Gasteiger partial charge is 0.248 e. The van der Waals surface area contributed by atoms with E-state index in [1.807, 2.05) is 36.4 Å². The van der Waals surface area contributed by atoms with Crippen molar-refractivity contribution in [3.8, 4) is 17.2 Å². The van der Waals surface area contributed by atoms with Crippen molar-refractivity contribution in [1.29, 1.82) is 0 Å². The molecule has 0 fully saturated rings. The number of tetrazole rings is 1. The molecule has 0 spiro atoms. The van der Waals surface area contributed by atoms with Crippen LogP contribution in [-0.4, -0.2) is 25.2 Å². The van der Waals surface area contributed by atoms with Gasteiger partial charge in [0.05, 0.1) is 21.9 Å². The minimum absolute atomic E-state index is 0.375. The van der Waals surface area contributed by atoms with Gasteiger partial charge >= 0.3 is 0 Å². The third-order valence-electron chi connectivity index (χ3n) is 3.90. The Kier molecular flexibility index (Phi) is 5.36. The number of pyridine rings is 1.